The summed E-state index contributed by atoms with van der Waals surface area (Å²) in [6.45, 7) is 0. The van der Waals surface area contributed by atoms with E-state index in [0.29, 0.717) is 39.6 Å². The fraction of sp³-hybridized carbons (Fsp3) is 0.179. The monoisotopic (exact) mass is 501 g/mol. The van der Waals surface area contributed by atoms with E-state index in [4.69, 9.17) is 9.97 Å². The van der Waals surface area contributed by atoms with Crippen molar-refractivity contribution in [2.75, 3.05) is 5.32 Å². The van der Waals surface area contributed by atoms with Crippen molar-refractivity contribution in [2.45, 2.75) is 25.7 Å². The molecule has 1 aliphatic carbocycles. The second-order valence-corrected chi connectivity index (χ2v) is 9.45. The van der Waals surface area contributed by atoms with Gasteiger partial charge in [-0.1, -0.05) is 18.9 Å². The number of fused-ring (bicyclic) bond motifs is 2. The molecule has 7 rings (SSSR count). The minimum absolute atomic E-state index is 0.0607. The van der Waals surface area contributed by atoms with Gasteiger partial charge in [-0.2, -0.15) is 5.10 Å². The van der Waals surface area contributed by atoms with Crippen LogP contribution in [0.1, 0.15) is 25.7 Å². The molecule has 0 aliphatic heterocycles. The van der Waals surface area contributed by atoms with Gasteiger partial charge in [-0.15, -0.1) is 0 Å². The van der Waals surface area contributed by atoms with Crippen LogP contribution in [0.2, 0.25) is 0 Å². The van der Waals surface area contributed by atoms with Crippen molar-refractivity contribution >= 4 is 33.8 Å². The number of pyridine rings is 4. The number of aromatic nitrogens is 8. The summed E-state index contributed by atoms with van der Waals surface area (Å²) in [5.41, 5.74) is 7.27. The molecular weight excluding hydrogens is 478 g/mol. The Balaban J connectivity index is 1.25. The molecule has 6 heterocycles. The Bertz CT molecular complexity index is 1780. The van der Waals surface area contributed by atoms with Crippen LogP contribution in [0.4, 0.5) is 5.69 Å². The van der Waals surface area contributed by atoms with Gasteiger partial charge in [-0.3, -0.25) is 19.9 Å². The zero-order chi connectivity index (χ0) is 25.5. The van der Waals surface area contributed by atoms with Crippen molar-refractivity contribution in [3.63, 3.8) is 0 Å². The summed E-state index contributed by atoms with van der Waals surface area (Å²) < 4.78 is 0. The molecule has 0 spiro atoms. The second-order valence-electron chi connectivity index (χ2n) is 9.45. The van der Waals surface area contributed by atoms with Gasteiger partial charge >= 0.3 is 0 Å². The summed E-state index contributed by atoms with van der Waals surface area (Å²) >= 11 is 0. The number of nitrogens with one attached hydrogen (secondary N) is 3. The maximum absolute atomic E-state index is 12.6. The Hall–Kier alpha value is -4.99. The molecule has 0 saturated heterocycles. The standard InChI is InChI=1S/C28H23N9O/c38-28(16-5-1-2-6-16)32-18-13-17(14-29-15-18)20-8-9-22-24(33-20)25(37-36-22)27-34-23-19(10-12-31-26(23)35-27)21-7-3-4-11-30-21/h3-4,7-16H,1-2,5-6H2,(H,32,38)(H,36,37)(H,31,34,35). The Morgan fingerprint density at radius 3 is 2.71 bits per heavy atom. The smallest absolute Gasteiger partial charge is 0.227 e. The van der Waals surface area contributed by atoms with E-state index in [9.17, 15) is 4.79 Å². The summed E-state index contributed by atoms with van der Waals surface area (Å²) in [5.74, 6) is 0.700. The number of carbonyl (C=O) groups is 1. The van der Waals surface area contributed by atoms with Gasteiger partial charge in [-0.05, 0) is 49.2 Å². The topological polar surface area (TPSA) is 138 Å². The molecular formula is C28H23N9O. The zero-order valence-corrected chi connectivity index (χ0v) is 20.3. The third kappa shape index (κ3) is 3.96. The summed E-state index contributed by atoms with van der Waals surface area (Å²) in [5, 5.41) is 10.6. The summed E-state index contributed by atoms with van der Waals surface area (Å²) in [7, 11) is 0. The van der Waals surface area contributed by atoms with Gasteiger partial charge < -0.3 is 10.3 Å². The average Bonchev–Trinajstić information content (AvgIpc) is 3.73. The molecule has 10 nitrogen and oxygen atoms in total. The van der Waals surface area contributed by atoms with Gasteiger partial charge in [0.15, 0.2) is 17.2 Å². The molecule has 0 radical (unpaired) electrons. The van der Waals surface area contributed by atoms with Gasteiger partial charge in [0.2, 0.25) is 5.91 Å². The number of anilines is 1. The minimum Gasteiger partial charge on any atom is -0.324 e. The molecule has 0 bridgehead atoms. The molecule has 0 aromatic carbocycles. The van der Waals surface area contributed by atoms with Crippen LogP contribution >= 0.6 is 0 Å². The highest BCUT2D eigenvalue weighted by molar-refractivity contribution is 5.95. The number of imidazole rings is 1. The lowest BCUT2D eigenvalue weighted by molar-refractivity contribution is -0.119. The third-order valence-electron chi connectivity index (χ3n) is 6.99. The summed E-state index contributed by atoms with van der Waals surface area (Å²) in [6, 6.07) is 13.4. The Kier molecular flexibility index (Phi) is 5.35. The van der Waals surface area contributed by atoms with Crippen LogP contribution in [0.3, 0.4) is 0 Å². The summed E-state index contributed by atoms with van der Waals surface area (Å²) in [4.78, 5) is 38.9. The predicted octanol–water partition coefficient (Wildman–Crippen LogP) is 5.15. The van der Waals surface area contributed by atoms with Crippen molar-refractivity contribution in [3.05, 3.63) is 67.3 Å². The van der Waals surface area contributed by atoms with E-state index in [1.807, 2.05) is 42.5 Å². The van der Waals surface area contributed by atoms with Crippen molar-refractivity contribution in [1.29, 1.82) is 0 Å². The molecule has 1 aliphatic rings. The van der Waals surface area contributed by atoms with Gasteiger partial charge in [0, 0.05) is 35.6 Å². The highest BCUT2D eigenvalue weighted by Gasteiger charge is 2.23. The Morgan fingerprint density at radius 2 is 1.84 bits per heavy atom. The van der Waals surface area contributed by atoms with Crippen LogP contribution < -0.4 is 5.32 Å². The first kappa shape index (κ1) is 22.2. The number of hydrogen-bond acceptors (Lipinski definition) is 7. The molecule has 1 amide bonds. The second kappa shape index (κ2) is 9.15. The molecule has 6 aromatic rings. The van der Waals surface area contributed by atoms with Crippen molar-refractivity contribution < 1.29 is 4.79 Å². The Labute approximate surface area is 217 Å². The maximum Gasteiger partial charge on any atom is 0.227 e. The first-order valence-electron chi connectivity index (χ1n) is 12.6. The van der Waals surface area contributed by atoms with Gasteiger partial charge in [0.05, 0.1) is 28.8 Å². The summed E-state index contributed by atoms with van der Waals surface area (Å²) in [6.07, 6.45) is 11.0. The number of rotatable bonds is 5. The van der Waals surface area contributed by atoms with Crippen LogP contribution in [0.25, 0.3) is 56.2 Å². The number of hydrogen-bond donors (Lipinski definition) is 3. The van der Waals surface area contributed by atoms with Gasteiger partial charge in [0.1, 0.15) is 11.0 Å². The van der Waals surface area contributed by atoms with Gasteiger partial charge in [-0.25, -0.2) is 15.0 Å². The normalized spacial score (nSPS) is 13.9. The zero-order valence-electron chi connectivity index (χ0n) is 20.3. The minimum atomic E-state index is 0.0607. The fourth-order valence-electron chi connectivity index (χ4n) is 5.06. The number of amides is 1. The molecule has 6 aromatic heterocycles. The molecule has 1 saturated carbocycles. The molecule has 3 N–H and O–H groups in total. The number of carbonyl (C=O) groups excluding carboxylic acids is 1. The SMILES string of the molecule is O=C(Nc1cncc(-c2ccc3[nH]nc(-c4nc5c(-c6ccccn6)ccnc5[nH]4)c3n2)c1)C1CCCC1. The van der Waals surface area contributed by atoms with Crippen molar-refractivity contribution in [2.24, 2.45) is 5.92 Å². The quantitative estimate of drug-likeness (QED) is 0.297. The molecule has 186 valence electrons. The Morgan fingerprint density at radius 1 is 0.921 bits per heavy atom. The van der Waals surface area contributed by atoms with Crippen molar-refractivity contribution in [1.82, 2.24) is 40.1 Å². The van der Waals surface area contributed by atoms with E-state index < -0.39 is 0 Å². The van der Waals surface area contributed by atoms with Gasteiger partial charge in [0.25, 0.3) is 0 Å². The first-order chi connectivity index (χ1) is 18.7. The van der Waals surface area contributed by atoms with Crippen LogP contribution in [0.5, 0.6) is 0 Å². The lowest BCUT2D eigenvalue weighted by Gasteiger charge is -2.11. The maximum atomic E-state index is 12.6. The van der Waals surface area contributed by atoms with Crippen LogP contribution in [0.15, 0.2) is 67.3 Å². The molecule has 1 fully saturated rings. The van der Waals surface area contributed by atoms with Crippen LogP contribution in [-0.2, 0) is 4.79 Å². The first-order valence-corrected chi connectivity index (χ1v) is 12.6. The highest BCUT2D eigenvalue weighted by Crippen LogP contribution is 2.31. The van der Waals surface area contributed by atoms with Crippen molar-refractivity contribution in [3.8, 4) is 34.0 Å². The molecule has 10 heteroatoms. The third-order valence-corrected chi connectivity index (χ3v) is 6.99. The number of H-pyrrole nitrogens is 2. The van der Waals surface area contributed by atoms with Crippen LogP contribution in [-0.4, -0.2) is 46.0 Å². The lowest BCUT2D eigenvalue weighted by atomic mass is 10.1. The average molecular weight is 502 g/mol. The van der Waals surface area contributed by atoms with E-state index in [1.54, 1.807) is 24.8 Å². The van der Waals surface area contributed by atoms with Crippen LogP contribution in [0, 0.1) is 5.92 Å². The highest BCUT2D eigenvalue weighted by atomic mass is 16.1. The van der Waals surface area contributed by atoms with E-state index in [2.05, 4.69) is 35.5 Å². The molecule has 38 heavy (non-hydrogen) atoms. The lowest BCUT2D eigenvalue weighted by Crippen LogP contribution is -2.20. The van der Waals surface area contributed by atoms with E-state index in [-0.39, 0.29) is 11.8 Å². The largest absolute Gasteiger partial charge is 0.324 e. The molecule has 0 unspecified atom stereocenters. The number of aromatic amines is 2. The molecule has 0 atom stereocenters. The fourth-order valence-corrected chi connectivity index (χ4v) is 5.06. The predicted molar refractivity (Wildman–Crippen MR) is 144 cm³/mol. The number of nitrogens with zero attached hydrogens (tertiary/aromatic N) is 6. The van der Waals surface area contributed by atoms with E-state index in [1.165, 1.54) is 0 Å². The van der Waals surface area contributed by atoms with E-state index in [0.717, 1.165) is 48.0 Å². The van der Waals surface area contributed by atoms with E-state index >= 15 is 0 Å².